The Bertz CT molecular complexity index is 709. The Balaban J connectivity index is 2.25. The minimum atomic E-state index is -4.53. The van der Waals surface area contributed by atoms with E-state index in [1.807, 2.05) is 0 Å². The first-order valence-corrected chi connectivity index (χ1v) is 7.48. The SMILES string of the molecule is CS(=O)(=O)OC1=CCN(c2cccc(C(F)(F)F)c2)C1=O. The second-order valence-electron chi connectivity index (χ2n) is 4.32. The Morgan fingerprint density at radius 2 is 1.95 bits per heavy atom. The summed E-state index contributed by atoms with van der Waals surface area (Å²) >= 11 is 0. The topological polar surface area (TPSA) is 63.7 Å². The van der Waals surface area contributed by atoms with Gasteiger partial charge in [-0.05, 0) is 24.3 Å². The van der Waals surface area contributed by atoms with Gasteiger partial charge in [-0.3, -0.25) is 4.79 Å². The summed E-state index contributed by atoms with van der Waals surface area (Å²) in [6.07, 6.45) is -2.56. The monoisotopic (exact) mass is 321 g/mol. The van der Waals surface area contributed by atoms with Crippen molar-refractivity contribution in [2.24, 2.45) is 0 Å². The first-order valence-electron chi connectivity index (χ1n) is 5.67. The van der Waals surface area contributed by atoms with E-state index in [9.17, 15) is 26.4 Å². The van der Waals surface area contributed by atoms with E-state index in [-0.39, 0.29) is 12.2 Å². The third-order valence-electron chi connectivity index (χ3n) is 2.64. The summed E-state index contributed by atoms with van der Waals surface area (Å²) in [5, 5.41) is 0. The second kappa shape index (κ2) is 5.06. The number of benzene rings is 1. The van der Waals surface area contributed by atoms with Gasteiger partial charge in [0, 0.05) is 12.2 Å². The highest BCUT2D eigenvalue weighted by Crippen LogP contribution is 2.32. The van der Waals surface area contributed by atoms with E-state index >= 15 is 0 Å². The molecule has 1 amide bonds. The van der Waals surface area contributed by atoms with Crippen LogP contribution in [-0.2, 0) is 25.3 Å². The molecule has 0 unspecified atom stereocenters. The fraction of sp³-hybridized carbons (Fsp3) is 0.250. The van der Waals surface area contributed by atoms with Gasteiger partial charge in [-0.15, -0.1) is 0 Å². The van der Waals surface area contributed by atoms with Crippen LogP contribution in [0.25, 0.3) is 0 Å². The fourth-order valence-electron chi connectivity index (χ4n) is 1.78. The molecule has 0 N–H and O–H groups in total. The van der Waals surface area contributed by atoms with Crippen LogP contribution in [0, 0.1) is 0 Å². The first-order chi connectivity index (χ1) is 9.58. The van der Waals surface area contributed by atoms with Crippen molar-refractivity contribution in [2.45, 2.75) is 6.18 Å². The lowest BCUT2D eigenvalue weighted by atomic mass is 10.2. The normalized spacial score (nSPS) is 16.1. The summed E-state index contributed by atoms with van der Waals surface area (Å²) in [6, 6.07) is 4.19. The molecule has 0 aromatic heterocycles. The van der Waals surface area contributed by atoms with Crippen molar-refractivity contribution in [1.82, 2.24) is 0 Å². The molecule has 21 heavy (non-hydrogen) atoms. The summed E-state index contributed by atoms with van der Waals surface area (Å²) in [4.78, 5) is 12.9. The van der Waals surface area contributed by atoms with E-state index in [2.05, 4.69) is 4.18 Å². The van der Waals surface area contributed by atoms with Gasteiger partial charge in [-0.2, -0.15) is 21.6 Å². The van der Waals surface area contributed by atoms with Gasteiger partial charge < -0.3 is 9.08 Å². The lowest BCUT2D eigenvalue weighted by molar-refractivity contribution is -0.137. The molecule has 0 aliphatic carbocycles. The Kier molecular flexibility index (Phi) is 3.70. The highest BCUT2D eigenvalue weighted by atomic mass is 32.2. The summed E-state index contributed by atoms with van der Waals surface area (Å²) in [5.74, 6) is -1.23. The molecule has 1 heterocycles. The second-order valence-corrected chi connectivity index (χ2v) is 5.89. The Morgan fingerprint density at radius 1 is 1.29 bits per heavy atom. The maximum absolute atomic E-state index is 12.6. The summed E-state index contributed by atoms with van der Waals surface area (Å²) in [6.45, 7) is -0.0645. The first kappa shape index (κ1) is 15.4. The molecule has 1 aromatic carbocycles. The number of hydrogen-bond donors (Lipinski definition) is 0. The van der Waals surface area contributed by atoms with Gasteiger partial charge in [-0.1, -0.05) is 6.07 Å². The minimum absolute atomic E-state index is 0.0122. The number of alkyl halides is 3. The van der Waals surface area contributed by atoms with Gasteiger partial charge in [0.15, 0.2) is 0 Å². The number of anilines is 1. The maximum atomic E-state index is 12.6. The summed E-state index contributed by atoms with van der Waals surface area (Å²) in [5.41, 5.74) is -0.886. The zero-order chi connectivity index (χ0) is 15.8. The number of amides is 1. The summed E-state index contributed by atoms with van der Waals surface area (Å²) in [7, 11) is -3.87. The zero-order valence-corrected chi connectivity index (χ0v) is 11.5. The van der Waals surface area contributed by atoms with Crippen LogP contribution in [0.4, 0.5) is 18.9 Å². The molecule has 0 spiro atoms. The third kappa shape index (κ3) is 3.54. The van der Waals surface area contributed by atoms with Crippen molar-refractivity contribution < 1.29 is 30.6 Å². The number of halogens is 3. The molecule has 114 valence electrons. The number of rotatable bonds is 3. The number of carbonyl (C=O) groups excluding carboxylic acids is 1. The molecule has 2 rings (SSSR count). The van der Waals surface area contributed by atoms with Crippen molar-refractivity contribution in [1.29, 1.82) is 0 Å². The van der Waals surface area contributed by atoms with Crippen molar-refractivity contribution in [3.63, 3.8) is 0 Å². The molecule has 0 saturated carbocycles. The van der Waals surface area contributed by atoms with Crippen LogP contribution < -0.4 is 4.90 Å². The molecule has 5 nitrogen and oxygen atoms in total. The van der Waals surface area contributed by atoms with Gasteiger partial charge in [0.1, 0.15) is 0 Å². The van der Waals surface area contributed by atoms with Crippen LogP contribution in [0.3, 0.4) is 0 Å². The van der Waals surface area contributed by atoms with Crippen LogP contribution in [0.1, 0.15) is 5.56 Å². The molecule has 9 heteroatoms. The highest BCUT2D eigenvalue weighted by Gasteiger charge is 2.33. The smallest absolute Gasteiger partial charge is 0.377 e. The molecule has 1 aliphatic rings. The van der Waals surface area contributed by atoms with Crippen LogP contribution >= 0.6 is 0 Å². The van der Waals surface area contributed by atoms with E-state index in [1.54, 1.807) is 0 Å². The predicted molar refractivity (Wildman–Crippen MR) is 67.8 cm³/mol. The maximum Gasteiger partial charge on any atom is 0.416 e. The van der Waals surface area contributed by atoms with Crippen molar-refractivity contribution >= 4 is 21.7 Å². The van der Waals surface area contributed by atoms with E-state index in [4.69, 9.17) is 0 Å². The average Bonchev–Trinajstić information content (AvgIpc) is 2.68. The van der Waals surface area contributed by atoms with Crippen molar-refractivity contribution in [3.8, 4) is 0 Å². The predicted octanol–water partition coefficient (Wildman–Crippen LogP) is 1.91. The summed E-state index contributed by atoms with van der Waals surface area (Å²) < 4.78 is 64.3. The third-order valence-corrected chi connectivity index (χ3v) is 3.12. The van der Waals surface area contributed by atoms with Crippen LogP contribution in [0.2, 0.25) is 0 Å². The molecular formula is C12H10F3NO4S. The van der Waals surface area contributed by atoms with Crippen LogP contribution in [-0.4, -0.2) is 27.1 Å². The Morgan fingerprint density at radius 3 is 2.52 bits per heavy atom. The fourth-order valence-corrected chi connectivity index (χ4v) is 2.25. The standard InChI is InChI=1S/C12H10F3NO4S/c1-21(18,19)20-10-5-6-16(11(10)17)9-4-2-3-8(7-9)12(13,14)15/h2-5,7H,6H2,1H3. The molecule has 0 radical (unpaired) electrons. The molecule has 0 fully saturated rings. The number of hydrogen-bond acceptors (Lipinski definition) is 4. The molecule has 0 saturated heterocycles. The van der Waals surface area contributed by atoms with Crippen LogP contribution in [0.15, 0.2) is 36.1 Å². The van der Waals surface area contributed by atoms with Gasteiger partial charge in [0.25, 0.3) is 5.91 Å². The lowest BCUT2D eigenvalue weighted by Crippen LogP contribution is -2.27. The quantitative estimate of drug-likeness (QED) is 0.798. The van der Waals surface area contributed by atoms with Crippen molar-refractivity contribution in [2.75, 3.05) is 17.7 Å². The van der Waals surface area contributed by atoms with Gasteiger partial charge in [0.2, 0.25) is 5.76 Å². The van der Waals surface area contributed by atoms with E-state index < -0.39 is 33.5 Å². The molecule has 0 bridgehead atoms. The number of carbonyl (C=O) groups is 1. The molecule has 0 atom stereocenters. The zero-order valence-electron chi connectivity index (χ0n) is 10.7. The van der Waals surface area contributed by atoms with Crippen LogP contribution in [0.5, 0.6) is 0 Å². The number of nitrogens with zero attached hydrogens (tertiary/aromatic N) is 1. The molecule has 1 aromatic rings. The molecule has 1 aliphatic heterocycles. The highest BCUT2D eigenvalue weighted by molar-refractivity contribution is 7.86. The largest absolute Gasteiger partial charge is 0.416 e. The Labute approximate surface area is 118 Å². The average molecular weight is 321 g/mol. The minimum Gasteiger partial charge on any atom is -0.377 e. The van der Waals surface area contributed by atoms with E-state index in [0.29, 0.717) is 0 Å². The molecular weight excluding hydrogens is 311 g/mol. The van der Waals surface area contributed by atoms with E-state index in [1.165, 1.54) is 18.2 Å². The van der Waals surface area contributed by atoms with Gasteiger partial charge in [-0.25, -0.2) is 0 Å². The van der Waals surface area contributed by atoms with Gasteiger partial charge >= 0.3 is 16.3 Å². The van der Waals surface area contributed by atoms with Crippen molar-refractivity contribution in [3.05, 3.63) is 41.7 Å². The Hall–Kier alpha value is -2.03. The van der Waals surface area contributed by atoms with Gasteiger partial charge in [0.05, 0.1) is 11.8 Å². The lowest BCUT2D eigenvalue weighted by Gasteiger charge is -2.18. The van der Waals surface area contributed by atoms with E-state index in [0.717, 1.165) is 23.3 Å².